The predicted molar refractivity (Wildman–Crippen MR) is 72.5 cm³/mol. The first-order chi connectivity index (χ1) is 10.3. The Morgan fingerprint density at radius 2 is 1.82 bits per heavy atom. The molecule has 3 N–H and O–H groups in total. The van der Waals surface area contributed by atoms with Crippen LogP contribution in [0.4, 0.5) is 13.2 Å². The minimum atomic E-state index is -4.64. The van der Waals surface area contributed by atoms with Crippen molar-refractivity contribution in [2.24, 2.45) is 0 Å². The molecule has 3 heterocycles. The fraction of sp³-hybridized carbons (Fsp3) is 0.571. The number of carbonyl (C=O) groups is 1. The molecular weight excluding hydrogens is 299 g/mol. The Balaban J connectivity index is 1.71. The minimum absolute atomic E-state index is 0.0482. The Hall–Kier alpha value is -1.83. The molecule has 1 aromatic rings. The summed E-state index contributed by atoms with van der Waals surface area (Å²) in [5, 5.41) is 6.18. The van der Waals surface area contributed by atoms with E-state index in [4.69, 9.17) is 0 Å². The summed E-state index contributed by atoms with van der Waals surface area (Å²) < 4.78 is 37.5. The van der Waals surface area contributed by atoms with Crippen LogP contribution in [-0.2, 0) is 6.18 Å². The van der Waals surface area contributed by atoms with Gasteiger partial charge in [0.2, 0.25) is 0 Å². The number of halogens is 3. The maximum Gasteiger partial charge on any atom is 0.431 e. The molecule has 0 spiro atoms. The third-order valence-corrected chi connectivity index (χ3v) is 4.27. The number of hydrogen-bond acceptors (Lipinski definition) is 3. The Bertz CT molecular complexity index is 629. The van der Waals surface area contributed by atoms with Crippen LogP contribution in [0.1, 0.15) is 41.7 Å². The molecule has 2 aliphatic rings. The lowest BCUT2D eigenvalue weighted by Gasteiger charge is -2.29. The van der Waals surface area contributed by atoms with Crippen molar-refractivity contribution in [3.05, 3.63) is 33.7 Å². The monoisotopic (exact) mass is 315 g/mol. The SMILES string of the molecule is O=C(NC1CC2CCC(C1)N2)c1ccc(C(F)(F)F)[nH]c1=O. The van der Waals surface area contributed by atoms with Crippen LogP contribution in [0.25, 0.3) is 0 Å². The van der Waals surface area contributed by atoms with Gasteiger partial charge in [-0.2, -0.15) is 13.2 Å². The highest BCUT2D eigenvalue weighted by Crippen LogP contribution is 2.27. The van der Waals surface area contributed by atoms with Gasteiger partial charge in [-0.05, 0) is 37.8 Å². The smallest absolute Gasteiger partial charge is 0.349 e. The van der Waals surface area contributed by atoms with E-state index in [1.54, 1.807) is 4.98 Å². The van der Waals surface area contributed by atoms with Gasteiger partial charge in [-0.15, -0.1) is 0 Å². The molecule has 120 valence electrons. The summed E-state index contributed by atoms with van der Waals surface area (Å²) in [6.07, 6.45) is -0.945. The highest BCUT2D eigenvalue weighted by Gasteiger charge is 2.35. The Kier molecular flexibility index (Phi) is 3.72. The van der Waals surface area contributed by atoms with Gasteiger partial charge in [0.15, 0.2) is 0 Å². The van der Waals surface area contributed by atoms with Gasteiger partial charge in [0.05, 0.1) is 0 Å². The molecule has 2 saturated heterocycles. The van der Waals surface area contributed by atoms with Crippen LogP contribution in [0, 0.1) is 0 Å². The van der Waals surface area contributed by atoms with Gasteiger partial charge in [-0.25, -0.2) is 0 Å². The lowest BCUT2D eigenvalue weighted by Crippen LogP contribution is -2.48. The average molecular weight is 315 g/mol. The standard InChI is InChI=1S/C14H16F3N3O2/c15-14(16,17)11-4-3-10(13(22)20-11)12(21)19-9-5-7-1-2-8(6-9)18-7/h3-4,7-9,18H,1-2,5-6H2,(H,19,21)(H,20,22). The number of aromatic amines is 1. The number of fused-ring (bicyclic) bond motifs is 2. The van der Waals surface area contributed by atoms with Crippen molar-refractivity contribution >= 4 is 5.91 Å². The van der Waals surface area contributed by atoms with Crippen molar-refractivity contribution in [1.29, 1.82) is 0 Å². The van der Waals surface area contributed by atoms with Crippen LogP contribution >= 0.6 is 0 Å². The molecule has 2 aliphatic heterocycles. The summed E-state index contributed by atoms with van der Waals surface area (Å²) in [5.41, 5.74) is -2.47. The van der Waals surface area contributed by atoms with Crippen LogP contribution in [-0.4, -0.2) is 29.0 Å². The minimum Gasteiger partial charge on any atom is -0.349 e. The second kappa shape index (κ2) is 5.42. The van der Waals surface area contributed by atoms with Crippen LogP contribution in [0.15, 0.2) is 16.9 Å². The molecule has 0 radical (unpaired) electrons. The topological polar surface area (TPSA) is 74.0 Å². The first-order valence-electron chi connectivity index (χ1n) is 7.20. The summed E-state index contributed by atoms with van der Waals surface area (Å²) in [6.45, 7) is 0. The molecular formula is C14H16F3N3O2. The fourth-order valence-corrected chi connectivity index (χ4v) is 3.26. The maximum absolute atomic E-state index is 12.5. The molecule has 5 nitrogen and oxygen atoms in total. The van der Waals surface area contributed by atoms with Crippen LogP contribution in [0.3, 0.4) is 0 Å². The van der Waals surface area contributed by atoms with Crippen molar-refractivity contribution in [3.63, 3.8) is 0 Å². The van der Waals surface area contributed by atoms with Crippen molar-refractivity contribution in [3.8, 4) is 0 Å². The van der Waals surface area contributed by atoms with Crippen molar-refractivity contribution in [2.45, 2.75) is 50.0 Å². The molecule has 0 aromatic carbocycles. The molecule has 2 bridgehead atoms. The van der Waals surface area contributed by atoms with Crippen molar-refractivity contribution < 1.29 is 18.0 Å². The number of H-pyrrole nitrogens is 1. The number of rotatable bonds is 2. The summed E-state index contributed by atoms with van der Waals surface area (Å²) in [5.74, 6) is -0.624. The molecule has 8 heteroatoms. The van der Waals surface area contributed by atoms with E-state index in [1.165, 1.54) is 0 Å². The zero-order valence-electron chi connectivity index (χ0n) is 11.7. The van der Waals surface area contributed by atoms with E-state index in [-0.39, 0.29) is 11.6 Å². The van der Waals surface area contributed by atoms with Crippen LogP contribution in [0.2, 0.25) is 0 Å². The van der Waals surface area contributed by atoms with Crippen LogP contribution in [0.5, 0.6) is 0 Å². The van der Waals surface area contributed by atoms with Gasteiger partial charge >= 0.3 is 6.18 Å². The number of piperidine rings is 1. The van der Waals surface area contributed by atoms with Gasteiger partial charge in [0.1, 0.15) is 11.3 Å². The summed E-state index contributed by atoms with van der Waals surface area (Å²) in [4.78, 5) is 25.5. The second-order valence-corrected chi connectivity index (χ2v) is 5.89. The quantitative estimate of drug-likeness (QED) is 0.772. The summed E-state index contributed by atoms with van der Waals surface area (Å²) in [6, 6.07) is 2.33. The molecule has 22 heavy (non-hydrogen) atoms. The Morgan fingerprint density at radius 1 is 1.18 bits per heavy atom. The first kappa shape index (κ1) is 15.1. The van der Waals surface area contributed by atoms with E-state index in [9.17, 15) is 22.8 Å². The van der Waals surface area contributed by atoms with Gasteiger partial charge < -0.3 is 15.6 Å². The molecule has 1 aromatic heterocycles. The lowest BCUT2D eigenvalue weighted by atomic mass is 9.99. The molecule has 0 aliphatic carbocycles. The summed E-state index contributed by atoms with van der Waals surface area (Å²) in [7, 11) is 0. The van der Waals surface area contributed by atoms with Gasteiger partial charge in [-0.3, -0.25) is 9.59 Å². The number of nitrogens with one attached hydrogen (secondary N) is 3. The fourth-order valence-electron chi connectivity index (χ4n) is 3.26. The third kappa shape index (κ3) is 3.01. The number of pyridine rings is 1. The molecule has 0 saturated carbocycles. The Morgan fingerprint density at radius 3 is 2.36 bits per heavy atom. The maximum atomic E-state index is 12.5. The van der Waals surface area contributed by atoms with Crippen molar-refractivity contribution in [2.75, 3.05) is 0 Å². The average Bonchev–Trinajstić information content (AvgIpc) is 2.76. The molecule has 2 fully saturated rings. The zero-order valence-corrected chi connectivity index (χ0v) is 11.7. The van der Waals surface area contributed by atoms with Gasteiger partial charge in [-0.1, -0.05) is 0 Å². The molecule has 2 unspecified atom stereocenters. The number of amides is 1. The van der Waals surface area contributed by atoms with E-state index >= 15 is 0 Å². The number of alkyl halides is 3. The number of carbonyl (C=O) groups excluding carboxylic acids is 1. The predicted octanol–water partition coefficient (Wildman–Crippen LogP) is 1.41. The highest BCUT2D eigenvalue weighted by molar-refractivity contribution is 5.94. The van der Waals surface area contributed by atoms with E-state index in [0.717, 1.165) is 31.7 Å². The Labute approximate surface area is 124 Å². The lowest BCUT2D eigenvalue weighted by molar-refractivity contribution is -0.141. The number of aromatic nitrogens is 1. The molecule has 2 atom stereocenters. The molecule has 3 rings (SSSR count). The van der Waals surface area contributed by atoms with E-state index in [1.807, 2.05) is 0 Å². The normalized spacial score (nSPS) is 27.7. The van der Waals surface area contributed by atoms with E-state index in [2.05, 4.69) is 10.6 Å². The molecule has 1 amide bonds. The van der Waals surface area contributed by atoms with Gasteiger partial charge in [0.25, 0.3) is 11.5 Å². The third-order valence-electron chi connectivity index (χ3n) is 4.27. The largest absolute Gasteiger partial charge is 0.431 e. The highest BCUT2D eigenvalue weighted by atomic mass is 19.4. The van der Waals surface area contributed by atoms with E-state index < -0.39 is 23.3 Å². The summed E-state index contributed by atoms with van der Waals surface area (Å²) >= 11 is 0. The van der Waals surface area contributed by atoms with Crippen LogP contribution < -0.4 is 16.2 Å². The van der Waals surface area contributed by atoms with Gasteiger partial charge in [0, 0.05) is 18.1 Å². The van der Waals surface area contributed by atoms with Crippen molar-refractivity contribution in [1.82, 2.24) is 15.6 Å². The second-order valence-electron chi connectivity index (χ2n) is 5.89. The first-order valence-corrected chi connectivity index (χ1v) is 7.20. The number of hydrogen-bond donors (Lipinski definition) is 3. The zero-order chi connectivity index (χ0) is 15.9. The van der Waals surface area contributed by atoms with E-state index in [0.29, 0.717) is 18.2 Å².